The first-order valence-electron chi connectivity index (χ1n) is 11.2. The van der Waals surface area contributed by atoms with Gasteiger partial charge in [-0.05, 0) is 67.3 Å². The number of carbonyl (C=O) groups excluding carboxylic acids is 2. The minimum atomic E-state index is -3.81. The van der Waals surface area contributed by atoms with Gasteiger partial charge >= 0.3 is 0 Å². The number of nitrogens with zero attached hydrogens (tertiary/aromatic N) is 1. The summed E-state index contributed by atoms with van der Waals surface area (Å²) in [5.41, 5.74) is 0.794. The lowest BCUT2D eigenvalue weighted by Crippen LogP contribution is -2.39. The molecule has 4 rings (SSSR count). The molecule has 188 valence electrons. The SMILES string of the molecule is CS(=O)(=O)NC(=O)c1cc(C2CC2)c(OCC2CCN(C(=O)c3ccc(Cl)cc3Cl)CC2)cc1F. The van der Waals surface area contributed by atoms with E-state index in [2.05, 4.69) is 0 Å². The zero-order valence-corrected chi connectivity index (χ0v) is 21.4. The highest BCUT2D eigenvalue weighted by molar-refractivity contribution is 7.89. The fraction of sp³-hybridized carbons (Fsp3) is 0.417. The highest BCUT2D eigenvalue weighted by atomic mass is 35.5. The number of piperidine rings is 1. The molecule has 1 saturated carbocycles. The van der Waals surface area contributed by atoms with Gasteiger partial charge in [-0.25, -0.2) is 17.5 Å². The number of rotatable bonds is 7. The van der Waals surface area contributed by atoms with Crippen LogP contribution >= 0.6 is 23.2 Å². The van der Waals surface area contributed by atoms with E-state index in [0.717, 1.165) is 25.2 Å². The van der Waals surface area contributed by atoms with Crippen LogP contribution in [0, 0.1) is 11.7 Å². The Balaban J connectivity index is 1.38. The van der Waals surface area contributed by atoms with Gasteiger partial charge in [-0.15, -0.1) is 0 Å². The molecule has 1 aliphatic heterocycles. The topological polar surface area (TPSA) is 92.8 Å². The summed E-state index contributed by atoms with van der Waals surface area (Å²) in [6.07, 6.45) is 4.05. The molecule has 2 fully saturated rings. The lowest BCUT2D eigenvalue weighted by molar-refractivity contribution is 0.0660. The molecule has 2 aliphatic rings. The molecule has 35 heavy (non-hydrogen) atoms. The smallest absolute Gasteiger partial charge is 0.267 e. The maximum Gasteiger partial charge on any atom is 0.267 e. The number of sulfonamides is 1. The Bertz CT molecular complexity index is 1260. The van der Waals surface area contributed by atoms with Crippen LogP contribution in [0.25, 0.3) is 0 Å². The zero-order valence-electron chi connectivity index (χ0n) is 19.0. The first kappa shape index (κ1) is 25.7. The number of hydrogen-bond donors (Lipinski definition) is 1. The third kappa shape index (κ3) is 6.45. The average molecular weight is 543 g/mol. The third-order valence-corrected chi connectivity index (χ3v) is 7.28. The lowest BCUT2D eigenvalue weighted by Gasteiger charge is -2.32. The molecule has 7 nitrogen and oxygen atoms in total. The maximum atomic E-state index is 14.7. The van der Waals surface area contributed by atoms with Crippen molar-refractivity contribution in [2.75, 3.05) is 26.0 Å². The molecule has 0 aromatic heterocycles. The first-order chi connectivity index (χ1) is 16.5. The monoisotopic (exact) mass is 542 g/mol. The molecule has 0 bridgehead atoms. The van der Waals surface area contributed by atoms with Crippen molar-refractivity contribution in [2.24, 2.45) is 5.92 Å². The first-order valence-corrected chi connectivity index (χ1v) is 13.9. The molecule has 2 aromatic rings. The largest absolute Gasteiger partial charge is 0.493 e. The molecule has 0 spiro atoms. The summed E-state index contributed by atoms with van der Waals surface area (Å²) in [4.78, 5) is 26.8. The number of carbonyl (C=O) groups is 2. The van der Waals surface area contributed by atoms with Crippen molar-refractivity contribution in [2.45, 2.75) is 31.6 Å². The molecule has 2 aromatic carbocycles. The molecular formula is C24H25Cl2FN2O5S. The van der Waals surface area contributed by atoms with E-state index in [1.165, 1.54) is 6.07 Å². The van der Waals surface area contributed by atoms with Gasteiger partial charge in [-0.2, -0.15) is 0 Å². The summed E-state index contributed by atoms with van der Waals surface area (Å²) in [7, 11) is -3.81. The van der Waals surface area contributed by atoms with Crippen LogP contribution < -0.4 is 9.46 Å². The molecule has 0 radical (unpaired) electrons. The van der Waals surface area contributed by atoms with Crippen LogP contribution in [0.1, 0.15) is 57.9 Å². The lowest BCUT2D eigenvalue weighted by atomic mass is 9.97. The van der Waals surface area contributed by atoms with Gasteiger partial charge in [0.15, 0.2) is 0 Å². The Morgan fingerprint density at radius 3 is 2.37 bits per heavy atom. The number of likely N-dealkylation sites (tertiary alicyclic amines) is 1. The third-order valence-electron chi connectivity index (χ3n) is 6.18. The number of halogens is 3. The Labute approximate surface area is 213 Å². The quantitative estimate of drug-likeness (QED) is 0.550. The standard InChI is InChI=1S/C24H25Cl2FN2O5S/c1-35(32,33)28-23(30)19-11-18(15-2-3-15)22(12-21(19)27)34-13-14-6-8-29(9-7-14)24(31)17-5-4-16(25)10-20(17)26/h4-5,10-12,14-15H,2-3,6-9,13H2,1H3,(H,28,30). The van der Waals surface area contributed by atoms with Gasteiger partial charge in [0.2, 0.25) is 10.0 Å². The molecule has 1 N–H and O–H groups in total. The van der Waals surface area contributed by atoms with Gasteiger partial charge in [0.25, 0.3) is 11.8 Å². The van der Waals surface area contributed by atoms with E-state index in [1.54, 1.807) is 27.8 Å². The predicted octanol–water partition coefficient (Wildman–Crippen LogP) is 4.63. The van der Waals surface area contributed by atoms with Crippen molar-refractivity contribution in [3.05, 3.63) is 62.9 Å². The van der Waals surface area contributed by atoms with E-state index in [1.807, 2.05) is 0 Å². The zero-order chi connectivity index (χ0) is 25.3. The second kappa shape index (κ2) is 10.3. The fourth-order valence-corrected chi connectivity index (χ4v) is 5.09. The van der Waals surface area contributed by atoms with Crippen LogP contribution in [0.3, 0.4) is 0 Å². The highest BCUT2D eigenvalue weighted by Crippen LogP contribution is 2.45. The summed E-state index contributed by atoms with van der Waals surface area (Å²) in [5.74, 6) is -1.30. The maximum absolute atomic E-state index is 14.7. The Hall–Kier alpha value is -2.36. The molecule has 1 heterocycles. The van der Waals surface area contributed by atoms with E-state index in [9.17, 15) is 22.4 Å². The summed E-state index contributed by atoms with van der Waals surface area (Å²) in [6.45, 7) is 1.43. The van der Waals surface area contributed by atoms with Crippen molar-refractivity contribution in [1.82, 2.24) is 9.62 Å². The molecule has 1 aliphatic carbocycles. The second-order valence-electron chi connectivity index (χ2n) is 9.02. The molecule has 1 saturated heterocycles. The number of nitrogens with one attached hydrogen (secondary N) is 1. The highest BCUT2D eigenvalue weighted by Gasteiger charge is 2.31. The van der Waals surface area contributed by atoms with Gasteiger partial charge in [0.05, 0.1) is 29.0 Å². The molecule has 11 heteroatoms. The van der Waals surface area contributed by atoms with Crippen molar-refractivity contribution in [1.29, 1.82) is 0 Å². The molecule has 0 unspecified atom stereocenters. The summed E-state index contributed by atoms with van der Waals surface area (Å²) in [5, 5.41) is 0.782. The summed E-state index contributed by atoms with van der Waals surface area (Å²) >= 11 is 12.1. The number of hydrogen-bond acceptors (Lipinski definition) is 5. The van der Waals surface area contributed by atoms with E-state index in [4.69, 9.17) is 27.9 Å². The van der Waals surface area contributed by atoms with Crippen molar-refractivity contribution < 1.29 is 27.1 Å². The fourth-order valence-electron chi connectivity index (χ4n) is 4.15. The molecular weight excluding hydrogens is 518 g/mol. The van der Waals surface area contributed by atoms with Crippen LogP contribution in [0.15, 0.2) is 30.3 Å². The van der Waals surface area contributed by atoms with E-state index in [0.29, 0.717) is 59.5 Å². The predicted molar refractivity (Wildman–Crippen MR) is 131 cm³/mol. The van der Waals surface area contributed by atoms with E-state index < -0.39 is 21.7 Å². The van der Waals surface area contributed by atoms with Crippen molar-refractivity contribution in [3.8, 4) is 5.75 Å². The van der Waals surface area contributed by atoms with E-state index >= 15 is 0 Å². The average Bonchev–Trinajstić information content (AvgIpc) is 3.62. The number of amides is 2. The Morgan fingerprint density at radius 2 is 1.77 bits per heavy atom. The second-order valence-corrected chi connectivity index (χ2v) is 11.6. The van der Waals surface area contributed by atoms with Crippen molar-refractivity contribution >= 4 is 45.0 Å². The minimum absolute atomic E-state index is 0.146. The molecule has 2 amide bonds. The van der Waals surface area contributed by atoms with Crippen LogP contribution in [-0.4, -0.2) is 51.1 Å². The van der Waals surface area contributed by atoms with Crippen LogP contribution in [0.5, 0.6) is 5.75 Å². The summed E-state index contributed by atoms with van der Waals surface area (Å²) < 4.78 is 45.2. The Kier molecular flexibility index (Phi) is 7.59. The van der Waals surface area contributed by atoms with E-state index in [-0.39, 0.29) is 23.3 Å². The van der Waals surface area contributed by atoms with Gasteiger partial charge in [-0.1, -0.05) is 23.2 Å². The number of ether oxygens (including phenoxy) is 1. The minimum Gasteiger partial charge on any atom is -0.493 e. The van der Waals surface area contributed by atoms with Crippen LogP contribution in [-0.2, 0) is 10.0 Å². The van der Waals surface area contributed by atoms with Gasteiger partial charge in [-0.3, -0.25) is 9.59 Å². The van der Waals surface area contributed by atoms with Crippen LogP contribution in [0.4, 0.5) is 4.39 Å². The van der Waals surface area contributed by atoms with Gasteiger partial charge < -0.3 is 9.64 Å². The molecule has 0 atom stereocenters. The summed E-state index contributed by atoms with van der Waals surface area (Å²) in [6, 6.07) is 7.35. The number of benzene rings is 2. The van der Waals surface area contributed by atoms with Gasteiger partial charge in [0, 0.05) is 24.2 Å². The van der Waals surface area contributed by atoms with Gasteiger partial charge in [0.1, 0.15) is 11.6 Å². The normalized spacial score (nSPS) is 16.7. The van der Waals surface area contributed by atoms with Crippen LogP contribution in [0.2, 0.25) is 10.0 Å². The Morgan fingerprint density at radius 1 is 1.09 bits per heavy atom. The van der Waals surface area contributed by atoms with Crippen molar-refractivity contribution in [3.63, 3.8) is 0 Å².